The molecule has 4 nitrogen and oxygen atoms in total. The SMILES string of the molecule is CC1(C)C[C@@H](O)C(CCC(=O)c2ccccc2N)[C@H](O)C1. The third-order valence-corrected chi connectivity index (χ3v) is 4.48. The molecule has 0 saturated heterocycles. The van der Waals surface area contributed by atoms with Gasteiger partial charge in [-0.05, 0) is 36.8 Å². The molecule has 4 N–H and O–H groups in total. The Kier molecular flexibility index (Phi) is 4.69. The zero-order valence-electron chi connectivity index (χ0n) is 12.7. The average Bonchev–Trinajstić information content (AvgIpc) is 2.36. The Bertz CT molecular complexity index is 499. The molecule has 1 aromatic rings. The van der Waals surface area contributed by atoms with Gasteiger partial charge in [0.05, 0.1) is 12.2 Å². The van der Waals surface area contributed by atoms with E-state index in [2.05, 4.69) is 0 Å². The molecule has 1 aromatic carbocycles. The van der Waals surface area contributed by atoms with Gasteiger partial charge in [0.15, 0.2) is 5.78 Å². The van der Waals surface area contributed by atoms with Gasteiger partial charge in [-0.2, -0.15) is 0 Å². The van der Waals surface area contributed by atoms with Crippen molar-refractivity contribution in [2.75, 3.05) is 5.73 Å². The van der Waals surface area contributed by atoms with Crippen molar-refractivity contribution in [3.05, 3.63) is 29.8 Å². The molecule has 0 aliphatic heterocycles. The number of nitrogens with two attached hydrogens (primary N) is 1. The monoisotopic (exact) mass is 291 g/mol. The van der Waals surface area contributed by atoms with Crippen LogP contribution in [0, 0.1) is 11.3 Å². The molecule has 21 heavy (non-hydrogen) atoms. The zero-order chi connectivity index (χ0) is 15.6. The molecule has 0 unspecified atom stereocenters. The van der Waals surface area contributed by atoms with E-state index in [-0.39, 0.29) is 17.1 Å². The van der Waals surface area contributed by atoms with Crippen LogP contribution in [0.1, 0.15) is 49.9 Å². The Hall–Kier alpha value is -1.39. The van der Waals surface area contributed by atoms with Gasteiger partial charge >= 0.3 is 0 Å². The molecule has 0 heterocycles. The number of anilines is 1. The lowest BCUT2D eigenvalue weighted by molar-refractivity contribution is -0.0706. The molecule has 2 atom stereocenters. The Morgan fingerprint density at radius 2 is 1.81 bits per heavy atom. The van der Waals surface area contributed by atoms with Crippen LogP contribution in [0.2, 0.25) is 0 Å². The fraction of sp³-hybridized carbons (Fsp3) is 0.588. The minimum atomic E-state index is -0.551. The maximum absolute atomic E-state index is 12.2. The van der Waals surface area contributed by atoms with Crippen molar-refractivity contribution in [2.24, 2.45) is 11.3 Å². The van der Waals surface area contributed by atoms with Gasteiger partial charge in [-0.25, -0.2) is 0 Å². The first kappa shape index (κ1) is 16.0. The summed E-state index contributed by atoms with van der Waals surface area (Å²) in [7, 11) is 0. The molecule has 1 fully saturated rings. The van der Waals surface area contributed by atoms with Gasteiger partial charge in [0, 0.05) is 23.6 Å². The molecule has 4 heteroatoms. The lowest BCUT2D eigenvalue weighted by atomic mass is 9.68. The van der Waals surface area contributed by atoms with Crippen LogP contribution in [0.25, 0.3) is 0 Å². The fourth-order valence-corrected chi connectivity index (χ4v) is 3.34. The molecule has 116 valence electrons. The highest BCUT2D eigenvalue weighted by molar-refractivity contribution is 6.00. The van der Waals surface area contributed by atoms with Gasteiger partial charge in [-0.3, -0.25) is 4.79 Å². The quantitative estimate of drug-likeness (QED) is 0.587. The average molecular weight is 291 g/mol. The molecular weight excluding hydrogens is 266 g/mol. The number of hydrogen-bond acceptors (Lipinski definition) is 4. The van der Waals surface area contributed by atoms with Crippen molar-refractivity contribution in [3.8, 4) is 0 Å². The van der Waals surface area contributed by atoms with Gasteiger partial charge in [0.1, 0.15) is 0 Å². The molecule has 0 spiro atoms. The first-order chi connectivity index (χ1) is 9.80. The van der Waals surface area contributed by atoms with Crippen LogP contribution in [0.4, 0.5) is 5.69 Å². The molecular formula is C17H25NO3. The first-order valence-electron chi connectivity index (χ1n) is 7.54. The number of ketones is 1. The predicted molar refractivity (Wildman–Crippen MR) is 82.9 cm³/mol. The van der Waals surface area contributed by atoms with Gasteiger partial charge in [0.2, 0.25) is 0 Å². The van der Waals surface area contributed by atoms with Crippen LogP contribution in [-0.2, 0) is 0 Å². The van der Waals surface area contributed by atoms with E-state index in [9.17, 15) is 15.0 Å². The summed E-state index contributed by atoms with van der Waals surface area (Å²) in [5.41, 5.74) is 6.75. The van der Waals surface area contributed by atoms with Gasteiger partial charge in [0.25, 0.3) is 0 Å². The second-order valence-electron chi connectivity index (χ2n) is 6.92. The Morgan fingerprint density at radius 3 is 2.38 bits per heavy atom. The van der Waals surface area contributed by atoms with Crippen LogP contribution in [0.15, 0.2) is 24.3 Å². The van der Waals surface area contributed by atoms with E-state index in [0.717, 1.165) is 0 Å². The number of Topliss-reactive ketones (excluding diaryl/α,β-unsaturated/α-hetero) is 1. The van der Waals surface area contributed by atoms with E-state index in [1.54, 1.807) is 24.3 Å². The van der Waals surface area contributed by atoms with Gasteiger partial charge in [-0.15, -0.1) is 0 Å². The Morgan fingerprint density at radius 1 is 1.24 bits per heavy atom. The zero-order valence-corrected chi connectivity index (χ0v) is 12.7. The van der Waals surface area contributed by atoms with Crippen molar-refractivity contribution < 1.29 is 15.0 Å². The van der Waals surface area contributed by atoms with Crippen molar-refractivity contribution in [1.82, 2.24) is 0 Å². The third-order valence-electron chi connectivity index (χ3n) is 4.48. The maximum Gasteiger partial charge on any atom is 0.164 e. The van der Waals surface area contributed by atoms with Crippen LogP contribution in [-0.4, -0.2) is 28.2 Å². The summed E-state index contributed by atoms with van der Waals surface area (Å²) in [6.07, 6.45) is 1.01. The van der Waals surface area contributed by atoms with Gasteiger partial charge < -0.3 is 15.9 Å². The molecule has 1 aliphatic rings. The van der Waals surface area contributed by atoms with E-state index >= 15 is 0 Å². The molecule has 2 rings (SSSR count). The fourth-order valence-electron chi connectivity index (χ4n) is 3.34. The lowest BCUT2D eigenvalue weighted by Crippen LogP contribution is -2.43. The Labute approximate surface area is 126 Å². The smallest absolute Gasteiger partial charge is 0.164 e. The number of nitrogen functional groups attached to an aromatic ring is 1. The maximum atomic E-state index is 12.2. The summed E-state index contributed by atoms with van der Waals surface area (Å²) in [6, 6.07) is 7.01. The number of aliphatic hydroxyl groups is 2. The van der Waals surface area contributed by atoms with Crippen LogP contribution in [0.5, 0.6) is 0 Å². The minimum absolute atomic E-state index is 0.0302. The number of hydrogen-bond donors (Lipinski definition) is 3. The number of aliphatic hydroxyl groups excluding tert-OH is 2. The number of para-hydroxylation sites is 1. The summed E-state index contributed by atoms with van der Waals surface area (Å²) in [5.74, 6) is -0.260. The summed E-state index contributed by atoms with van der Waals surface area (Å²) in [4.78, 5) is 12.2. The molecule has 1 aliphatic carbocycles. The number of carbonyl (C=O) groups excluding carboxylic acids is 1. The van der Waals surface area contributed by atoms with E-state index in [4.69, 9.17) is 5.73 Å². The number of carbonyl (C=O) groups is 1. The standard InChI is InChI=1S/C17H25NO3/c1-17(2)9-15(20)12(16(21)10-17)7-8-14(19)11-5-3-4-6-13(11)18/h3-6,12,15-16,20-21H,7-10,18H2,1-2H3/t15-,16-/m1/s1. The molecule has 0 amide bonds. The first-order valence-corrected chi connectivity index (χ1v) is 7.54. The summed E-state index contributed by atoms with van der Waals surface area (Å²) >= 11 is 0. The largest absolute Gasteiger partial charge is 0.398 e. The van der Waals surface area contributed by atoms with Crippen molar-refractivity contribution >= 4 is 11.5 Å². The molecule has 0 radical (unpaired) electrons. The van der Waals surface area contributed by atoms with E-state index < -0.39 is 12.2 Å². The number of benzene rings is 1. The summed E-state index contributed by atoms with van der Waals surface area (Å²) < 4.78 is 0. The second-order valence-corrected chi connectivity index (χ2v) is 6.92. The molecule has 1 saturated carbocycles. The topological polar surface area (TPSA) is 83.5 Å². The van der Waals surface area contributed by atoms with Crippen LogP contribution in [0.3, 0.4) is 0 Å². The van der Waals surface area contributed by atoms with Crippen LogP contribution < -0.4 is 5.73 Å². The normalized spacial score (nSPS) is 28.3. The minimum Gasteiger partial charge on any atom is -0.398 e. The van der Waals surface area contributed by atoms with E-state index in [0.29, 0.717) is 36.9 Å². The van der Waals surface area contributed by atoms with Crippen LogP contribution >= 0.6 is 0 Å². The van der Waals surface area contributed by atoms with Crippen molar-refractivity contribution in [1.29, 1.82) is 0 Å². The predicted octanol–water partition coefficient (Wildman–Crippen LogP) is 2.39. The molecule has 0 bridgehead atoms. The highest BCUT2D eigenvalue weighted by atomic mass is 16.3. The second kappa shape index (κ2) is 6.16. The van der Waals surface area contributed by atoms with E-state index in [1.165, 1.54) is 0 Å². The van der Waals surface area contributed by atoms with Crippen molar-refractivity contribution in [3.63, 3.8) is 0 Å². The molecule has 0 aromatic heterocycles. The van der Waals surface area contributed by atoms with E-state index in [1.807, 2.05) is 13.8 Å². The Balaban J connectivity index is 1.97. The highest BCUT2D eigenvalue weighted by Gasteiger charge is 2.39. The number of rotatable bonds is 4. The van der Waals surface area contributed by atoms with Gasteiger partial charge in [-0.1, -0.05) is 26.0 Å². The lowest BCUT2D eigenvalue weighted by Gasteiger charge is -2.41. The highest BCUT2D eigenvalue weighted by Crippen LogP contribution is 2.40. The summed E-state index contributed by atoms with van der Waals surface area (Å²) in [5, 5.41) is 20.4. The summed E-state index contributed by atoms with van der Waals surface area (Å²) in [6.45, 7) is 4.09. The third kappa shape index (κ3) is 3.83. The van der Waals surface area contributed by atoms with Crippen molar-refractivity contribution in [2.45, 2.75) is 51.7 Å².